The number of hydrazone groups is 1. The van der Waals surface area contributed by atoms with Gasteiger partial charge in [0.05, 0.1) is 32.9 Å². The number of nitrogens with one attached hydrogen (secondary N) is 2. The molecule has 3 aromatic rings. The highest BCUT2D eigenvalue weighted by molar-refractivity contribution is 9.11. The van der Waals surface area contributed by atoms with Crippen LogP contribution in [0, 0.1) is 10.1 Å². The molecule has 3 aromatic carbocycles. The number of methoxy groups -OCH3 is 1. The van der Waals surface area contributed by atoms with Crippen LogP contribution in [0.25, 0.3) is 0 Å². The zero-order valence-electron chi connectivity index (χ0n) is 16.8. The summed E-state index contributed by atoms with van der Waals surface area (Å²) in [6, 6.07) is 12.7. The fourth-order valence-corrected chi connectivity index (χ4v) is 5.10. The van der Waals surface area contributed by atoms with Crippen molar-refractivity contribution in [3.8, 4) is 11.5 Å². The number of phenolic OH excluding ortho intramolecular Hbond substituents is 1. The van der Waals surface area contributed by atoms with Crippen molar-refractivity contribution in [3.63, 3.8) is 0 Å². The van der Waals surface area contributed by atoms with Crippen molar-refractivity contribution in [1.82, 2.24) is 0 Å². The third kappa shape index (κ3) is 6.00. The summed E-state index contributed by atoms with van der Waals surface area (Å²) in [5.41, 5.74) is 3.06. The van der Waals surface area contributed by atoms with Gasteiger partial charge in [-0.25, -0.2) is 8.42 Å². The van der Waals surface area contributed by atoms with E-state index in [0.717, 1.165) is 12.1 Å². The van der Waals surface area contributed by atoms with E-state index in [2.05, 4.69) is 47.1 Å². The molecule has 0 atom stereocenters. The monoisotopic (exact) mass is 598 g/mol. The lowest BCUT2D eigenvalue weighted by Gasteiger charge is -2.12. The number of nitro groups is 1. The number of sulfonamides is 1. The second-order valence-electron chi connectivity index (χ2n) is 6.47. The molecule has 0 amide bonds. The molecule has 0 aliphatic carbocycles. The van der Waals surface area contributed by atoms with Gasteiger partial charge in [0.15, 0.2) is 0 Å². The Balaban J connectivity index is 1.93. The average Bonchev–Trinajstić information content (AvgIpc) is 2.77. The number of aromatic hydroxyl groups is 1. The highest BCUT2D eigenvalue weighted by Gasteiger charge is 2.23. The zero-order valence-corrected chi connectivity index (χ0v) is 20.8. The molecule has 33 heavy (non-hydrogen) atoms. The third-order valence-corrected chi connectivity index (χ3v) is 6.88. The first-order valence-corrected chi connectivity index (χ1v) is 12.1. The van der Waals surface area contributed by atoms with Gasteiger partial charge in [-0.05, 0) is 79.9 Å². The van der Waals surface area contributed by atoms with E-state index in [4.69, 9.17) is 4.74 Å². The predicted molar refractivity (Wildman–Crippen MR) is 132 cm³/mol. The van der Waals surface area contributed by atoms with Crippen molar-refractivity contribution in [2.45, 2.75) is 4.90 Å². The summed E-state index contributed by atoms with van der Waals surface area (Å²) in [5, 5.41) is 25.0. The molecule has 0 heterocycles. The largest absolute Gasteiger partial charge is 0.506 e. The molecule has 0 bridgehead atoms. The van der Waals surface area contributed by atoms with Gasteiger partial charge in [0.2, 0.25) is 0 Å². The molecule has 172 valence electrons. The third-order valence-electron chi connectivity index (χ3n) is 4.25. The number of nitro benzene ring substituents is 1. The number of rotatable bonds is 8. The van der Waals surface area contributed by atoms with Crippen LogP contribution in [-0.2, 0) is 10.0 Å². The summed E-state index contributed by atoms with van der Waals surface area (Å²) in [7, 11) is -2.73. The Kier molecular flexibility index (Phi) is 7.56. The van der Waals surface area contributed by atoms with Gasteiger partial charge in [-0.2, -0.15) is 5.10 Å². The number of hydrogen-bond acceptors (Lipinski definition) is 8. The molecular weight excluding hydrogens is 584 g/mol. The zero-order chi connectivity index (χ0) is 24.2. The normalized spacial score (nSPS) is 11.4. The summed E-state index contributed by atoms with van der Waals surface area (Å²) in [5.74, 6) is 0.561. The topological polar surface area (TPSA) is 143 Å². The van der Waals surface area contributed by atoms with Gasteiger partial charge in [-0.3, -0.25) is 20.3 Å². The lowest BCUT2D eigenvalue weighted by Crippen LogP contribution is -2.15. The van der Waals surface area contributed by atoms with Gasteiger partial charge in [0.1, 0.15) is 16.4 Å². The van der Waals surface area contributed by atoms with Crippen LogP contribution < -0.4 is 14.9 Å². The number of halogens is 2. The minimum atomic E-state index is -4.21. The molecule has 0 unspecified atom stereocenters. The highest BCUT2D eigenvalue weighted by Crippen LogP contribution is 2.33. The first-order chi connectivity index (χ1) is 15.6. The Morgan fingerprint density at radius 1 is 1.09 bits per heavy atom. The molecule has 0 radical (unpaired) electrons. The number of non-ortho nitro benzene ring substituents is 1. The summed E-state index contributed by atoms with van der Waals surface area (Å²) in [6.07, 6.45) is 1.39. The number of hydrogen-bond donors (Lipinski definition) is 3. The minimum absolute atomic E-state index is 0.0217. The maximum atomic E-state index is 13.0. The first-order valence-electron chi connectivity index (χ1n) is 9.03. The minimum Gasteiger partial charge on any atom is -0.506 e. The Hall–Kier alpha value is -3.16. The van der Waals surface area contributed by atoms with Crippen LogP contribution in [0.4, 0.5) is 17.1 Å². The Morgan fingerprint density at radius 2 is 1.73 bits per heavy atom. The first kappa shape index (κ1) is 24.5. The van der Waals surface area contributed by atoms with Gasteiger partial charge in [-0.15, -0.1) is 0 Å². The van der Waals surface area contributed by atoms with E-state index in [0.29, 0.717) is 20.3 Å². The van der Waals surface area contributed by atoms with Gasteiger partial charge in [0, 0.05) is 17.8 Å². The molecule has 0 spiro atoms. The molecular formula is C20H16Br2N4O6S. The number of phenols is 1. The maximum absolute atomic E-state index is 13.0. The van der Waals surface area contributed by atoms with Crippen LogP contribution in [0.5, 0.6) is 11.5 Å². The fourth-order valence-electron chi connectivity index (χ4n) is 2.64. The van der Waals surface area contributed by atoms with E-state index in [-0.39, 0.29) is 22.0 Å². The Labute approximate surface area is 205 Å². The average molecular weight is 600 g/mol. The van der Waals surface area contributed by atoms with E-state index in [1.165, 1.54) is 31.5 Å². The van der Waals surface area contributed by atoms with Crippen LogP contribution in [0.15, 0.2) is 73.5 Å². The van der Waals surface area contributed by atoms with Gasteiger partial charge in [-0.1, -0.05) is 0 Å². The molecule has 0 aliphatic heterocycles. The van der Waals surface area contributed by atoms with E-state index < -0.39 is 20.6 Å². The van der Waals surface area contributed by atoms with Crippen LogP contribution in [-0.4, -0.2) is 31.8 Å². The number of ether oxygens (including phenoxy) is 1. The molecule has 0 aliphatic rings. The molecule has 0 fully saturated rings. The second kappa shape index (κ2) is 10.2. The molecule has 0 saturated carbocycles. The number of anilines is 2. The van der Waals surface area contributed by atoms with Crippen LogP contribution in [0.3, 0.4) is 0 Å². The maximum Gasteiger partial charge on any atom is 0.270 e. The molecule has 0 aromatic heterocycles. The molecule has 13 heteroatoms. The van der Waals surface area contributed by atoms with Crippen molar-refractivity contribution in [1.29, 1.82) is 0 Å². The fraction of sp³-hybridized carbons (Fsp3) is 0.0500. The molecule has 10 nitrogen and oxygen atoms in total. The van der Waals surface area contributed by atoms with E-state index >= 15 is 0 Å². The van der Waals surface area contributed by atoms with E-state index in [9.17, 15) is 23.6 Å². The van der Waals surface area contributed by atoms with E-state index in [1.54, 1.807) is 24.3 Å². The van der Waals surface area contributed by atoms with Crippen molar-refractivity contribution >= 4 is 65.2 Å². The van der Waals surface area contributed by atoms with Crippen molar-refractivity contribution in [2.75, 3.05) is 17.3 Å². The number of nitrogens with zero attached hydrogens (tertiary/aromatic N) is 2. The van der Waals surface area contributed by atoms with Crippen molar-refractivity contribution in [2.24, 2.45) is 5.10 Å². The second-order valence-corrected chi connectivity index (χ2v) is 9.83. The lowest BCUT2D eigenvalue weighted by molar-refractivity contribution is -0.385. The van der Waals surface area contributed by atoms with Crippen molar-refractivity contribution < 1.29 is 23.2 Å². The summed E-state index contributed by atoms with van der Waals surface area (Å²) < 4.78 is 34.3. The SMILES string of the molecule is COc1ccc(NS(=O)(=O)c2cc([N+](=O)[O-])ccc2NN=Cc2cc(Br)c(O)c(Br)c2)cc1. The van der Waals surface area contributed by atoms with Gasteiger partial charge >= 0.3 is 0 Å². The van der Waals surface area contributed by atoms with Crippen LogP contribution >= 0.6 is 31.9 Å². The summed E-state index contributed by atoms with van der Waals surface area (Å²) >= 11 is 6.42. The quantitative estimate of drug-likeness (QED) is 0.186. The van der Waals surface area contributed by atoms with Crippen LogP contribution in [0.1, 0.15) is 5.56 Å². The van der Waals surface area contributed by atoms with Gasteiger partial charge < -0.3 is 9.84 Å². The Bertz CT molecular complexity index is 1310. The smallest absolute Gasteiger partial charge is 0.270 e. The molecule has 3 N–H and O–H groups in total. The van der Waals surface area contributed by atoms with Crippen molar-refractivity contribution in [3.05, 3.63) is 79.2 Å². The summed E-state index contributed by atoms with van der Waals surface area (Å²) in [6.45, 7) is 0. The number of benzene rings is 3. The lowest BCUT2D eigenvalue weighted by atomic mass is 10.2. The summed E-state index contributed by atoms with van der Waals surface area (Å²) in [4.78, 5) is 10.2. The van der Waals surface area contributed by atoms with Gasteiger partial charge in [0.25, 0.3) is 15.7 Å². The predicted octanol–water partition coefficient (Wildman–Crippen LogP) is 5.08. The highest BCUT2D eigenvalue weighted by atomic mass is 79.9. The standard InChI is InChI=1S/C20H16Br2N4O6S/c1-32-15-5-2-13(3-6-15)25-33(30,31)19-10-14(26(28)29)4-7-18(19)24-23-11-12-8-16(21)20(27)17(22)9-12/h2-11,24-25,27H,1H3. The Morgan fingerprint density at radius 3 is 2.30 bits per heavy atom. The van der Waals surface area contributed by atoms with Crippen LogP contribution in [0.2, 0.25) is 0 Å². The molecule has 3 rings (SSSR count). The van der Waals surface area contributed by atoms with E-state index in [1.807, 2.05) is 0 Å². The molecule has 0 saturated heterocycles.